The van der Waals surface area contributed by atoms with Crippen molar-refractivity contribution in [2.24, 2.45) is 10.1 Å². The number of oxime groups is 1. The van der Waals surface area contributed by atoms with Crippen LogP contribution in [0.3, 0.4) is 0 Å². The van der Waals surface area contributed by atoms with E-state index < -0.39 is 23.9 Å². The van der Waals surface area contributed by atoms with E-state index in [2.05, 4.69) is 15.0 Å². The van der Waals surface area contributed by atoms with Gasteiger partial charge in [0.05, 0.1) is 11.4 Å². The van der Waals surface area contributed by atoms with Crippen LogP contribution in [-0.2, 0) is 14.4 Å². The Morgan fingerprint density at radius 3 is 2.27 bits per heavy atom. The molecule has 0 radical (unpaired) electrons. The summed E-state index contributed by atoms with van der Waals surface area (Å²) in [6.07, 6.45) is 0. The van der Waals surface area contributed by atoms with Crippen molar-refractivity contribution in [3.05, 3.63) is 30.3 Å². The third-order valence-electron chi connectivity index (χ3n) is 2.21. The summed E-state index contributed by atoms with van der Waals surface area (Å²) in [6.45, 7) is 3.28. The summed E-state index contributed by atoms with van der Waals surface area (Å²) >= 11 is 0. The maximum Gasteiger partial charge on any atom is 0.407 e. The molecule has 22 heavy (non-hydrogen) atoms. The Bertz CT molecular complexity index is 564. The molecule has 0 saturated heterocycles. The van der Waals surface area contributed by atoms with E-state index in [0.717, 1.165) is 0 Å². The number of carbonyl (C=O) groups excluding carboxylic acids is 1. The number of carbonyl (C=O) groups is 1. The van der Waals surface area contributed by atoms with Crippen LogP contribution < -0.4 is 0 Å². The summed E-state index contributed by atoms with van der Waals surface area (Å²) < 4.78 is 29.4. The van der Waals surface area contributed by atoms with Gasteiger partial charge in [-0.2, -0.15) is 8.78 Å². The molecule has 0 amide bonds. The Morgan fingerprint density at radius 2 is 1.77 bits per heavy atom. The Labute approximate surface area is 127 Å². The monoisotopic (exact) mass is 312 g/mol. The molecule has 0 spiro atoms. The molecule has 7 heteroatoms. The van der Waals surface area contributed by atoms with Crippen LogP contribution in [0.4, 0.5) is 14.5 Å². The number of hydrogen-bond acceptors (Lipinski definition) is 5. The SMILES string of the molecule is CC(=N\c1ccccc1)/C(=N\OC(F)F)C(=O)OC(C)(C)C. The molecule has 0 fully saturated rings. The van der Waals surface area contributed by atoms with Crippen molar-refractivity contribution in [2.75, 3.05) is 0 Å². The summed E-state index contributed by atoms with van der Waals surface area (Å²) in [5.74, 6) is -0.884. The van der Waals surface area contributed by atoms with Gasteiger partial charge in [0.15, 0.2) is 0 Å². The molecule has 1 aromatic carbocycles. The van der Waals surface area contributed by atoms with Crippen LogP contribution in [0, 0.1) is 0 Å². The van der Waals surface area contributed by atoms with Crippen molar-refractivity contribution < 1.29 is 23.1 Å². The van der Waals surface area contributed by atoms with Crippen LogP contribution in [0.15, 0.2) is 40.5 Å². The molecular formula is C15H18F2N2O3. The summed E-state index contributed by atoms with van der Waals surface area (Å²) in [4.78, 5) is 20.1. The molecule has 1 rings (SSSR count). The molecule has 0 aliphatic carbocycles. The smallest absolute Gasteiger partial charge is 0.407 e. The van der Waals surface area contributed by atoms with Crippen LogP contribution in [-0.4, -0.2) is 29.6 Å². The maximum absolute atomic E-state index is 12.2. The summed E-state index contributed by atoms with van der Waals surface area (Å²) in [5.41, 5.74) is -0.538. The van der Waals surface area contributed by atoms with E-state index >= 15 is 0 Å². The van der Waals surface area contributed by atoms with Gasteiger partial charge < -0.3 is 9.57 Å². The number of hydrogen-bond donors (Lipinski definition) is 0. The highest BCUT2D eigenvalue weighted by Crippen LogP contribution is 2.13. The molecular weight excluding hydrogens is 294 g/mol. The predicted octanol–water partition coefficient (Wildman–Crippen LogP) is 3.72. The van der Waals surface area contributed by atoms with E-state index in [0.29, 0.717) is 5.69 Å². The molecule has 120 valence electrons. The van der Waals surface area contributed by atoms with Crippen molar-refractivity contribution in [3.8, 4) is 0 Å². The first-order valence-corrected chi connectivity index (χ1v) is 6.55. The predicted molar refractivity (Wildman–Crippen MR) is 79.6 cm³/mol. The number of para-hydroxylation sites is 1. The average Bonchev–Trinajstić information content (AvgIpc) is 2.37. The normalized spacial score (nSPS) is 13.2. The zero-order chi connectivity index (χ0) is 16.8. The van der Waals surface area contributed by atoms with Gasteiger partial charge in [-0.25, -0.2) is 4.79 Å². The number of halogens is 2. The van der Waals surface area contributed by atoms with Gasteiger partial charge in [0.1, 0.15) is 5.60 Å². The fourth-order valence-electron chi connectivity index (χ4n) is 1.42. The van der Waals surface area contributed by atoms with E-state index in [4.69, 9.17) is 4.74 Å². The summed E-state index contributed by atoms with van der Waals surface area (Å²) in [5, 5.41) is 3.16. The third-order valence-corrected chi connectivity index (χ3v) is 2.21. The van der Waals surface area contributed by atoms with Crippen molar-refractivity contribution >= 4 is 23.1 Å². The lowest BCUT2D eigenvalue weighted by atomic mass is 10.2. The highest BCUT2D eigenvalue weighted by molar-refractivity contribution is 6.65. The van der Waals surface area contributed by atoms with Gasteiger partial charge in [-0.15, -0.1) is 0 Å². The standard InChI is InChI=1S/C15H18F2N2O3/c1-10(18-11-8-6-5-7-9-11)12(19-22-14(16)17)13(20)21-15(2,3)4/h5-9,14H,1-4H3/b18-10+,19-12+. The molecule has 1 aromatic rings. The largest absolute Gasteiger partial charge is 0.455 e. The van der Waals surface area contributed by atoms with Crippen LogP contribution in [0.1, 0.15) is 27.7 Å². The minimum atomic E-state index is -3.14. The third kappa shape index (κ3) is 6.43. The molecule has 0 saturated carbocycles. The molecule has 5 nitrogen and oxygen atoms in total. The van der Waals surface area contributed by atoms with E-state index in [1.165, 1.54) is 6.92 Å². The summed E-state index contributed by atoms with van der Waals surface area (Å²) in [6, 6.07) is 8.71. The zero-order valence-electron chi connectivity index (χ0n) is 12.8. The van der Waals surface area contributed by atoms with Gasteiger partial charge in [-0.05, 0) is 39.8 Å². The number of esters is 1. The van der Waals surface area contributed by atoms with E-state index in [1.807, 2.05) is 0 Å². The molecule has 0 aromatic heterocycles. The molecule has 0 aliphatic rings. The van der Waals surface area contributed by atoms with Crippen molar-refractivity contribution in [2.45, 2.75) is 39.9 Å². The van der Waals surface area contributed by atoms with Crippen LogP contribution in [0.5, 0.6) is 0 Å². The first kappa shape index (κ1) is 17.7. The number of benzene rings is 1. The van der Waals surface area contributed by atoms with E-state index in [1.54, 1.807) is 51.1 Å². The molecule has 0 heterocycles. The van der Waals surface area contributed by atoms with E-state index in [9.17, 15) is 13.6 Å². The molecule has 0 bridgehead atoms. The van der Waals surface area contributed by atoms with Gasteiger partial charge in [-0.3, -0.25) is 4.99 Å². The lowest BCUT2D eigenvalue weighted by Crippen LogP contribution is -2.32. The lowest BCUT2D eigenvalue weighted by molar-refractivity contribution is -0.147. The van der Waals surface area contributed by atoms with E-state index in [-0.39, 0.29) is 5.71 Å². The van der Waals surface area contributed by atoms with Gasteiger partial charge in [-0.1, -0.05) is 23.4 Å². The Balaban J connectivity index is 3.07. The molecule has 0 atom stereocenters. The lowest BCUT2D eigenvalue weighted by Gasteiger charge is -2.19. The fourth-order valence-corrected chi connectivity index (χ4v) is 1.42. The Hall–Kier alpha value is -2.31. The molecule has 0 unspecified atom stereocenters. The Kier molecular flexibility index (Phi) is 6.15. The van der Waals surface area contributed by atoms with Gasteiger partial charge in [0.25, 0.3) is 0 Å². The minimum Gasteiger partial charge on any atom is -0.455 e. The first-order valence-electron chi connectivity index (χ1n) is 6.55. The van der Waals surface area contributed by atoms with Crippen LogP contribution in [0.2, 0.25) is 0 Å². The number of alkyl halides is 2. The summed E-state index contributed by atoms with van der Waals surface area (Å²) in [7, 11) is 0. The zero-order valence-corrected chi connectivity index (χ0v) is 12.8. The average molecular weight is 312 g/mol. The second-order valence-electron chi connectivity index (χ2n) is 5.34. The van der Waals surface area contributed by atoms with Crippen molar-refractivity contribution in [1.29, 1.82) is 0 Å². The number of aliphatic imine (C=N–C) groups is 1. The van der Waals surface area contributed by atoms with Crippen molar-refractivity contribution in [1.82, 2.24) is 0 Å². The Morgan fingerprint density at radius 1 is 1.18 bits per heavy atom. The maximum atomic E-state index is 12.2. The second-order valence-corrected chi connectivity index (χ2v) is 5.34. The first-order chi connectivity index (χ1) is 10.2. The molecule has 0 aliphatic heterocycles. The van der Waals surface area contributed by atoms with Crippen LogP contribution in [0.25, 0.3) is 0 Å². The number of ether oxygens (including phenoxy) is 1. The fraction of sp³-hybridized carbons (Fsp3) is 0.400. The number of rotatable bonds is 5. The van der Waals surface area contributed by atoms with Crippen molar-refractivity contribution in [3.63, 3.8) is 0 Å². The van der Waals surface area contributed by atoms with Gasteiger partial charge in [0.2, 0.25) is 5.71 Å². The number of nitrogens with zero attached hydrogens (tertiary/aromatic N) is 2. The quantitative estimate of drug-likeness (QED) is 0.473. The molecule has 0 N–H and O–H groups in total. The van der Waals surface area contributed by atoms with Crippen LogP contribution >= 0.6 is 0 Å². The second kappa shape index (κ2) is 7.63. The van der Waals surface area contributed by atoms with Gasteiger partial charge in [0, 0.05) is 0 Å². The highest BCUT2D eigenvalue weighted by atomic mass is 19.3. The minimum absolute atomic E-state index is 0.112. The van der Waals surface area contributed by atoms with Gasteiger partial charge >= 0.3 is 12.6 Å². The topological polar surface area (TPSA) is 60.2 Å². The highest BCUT2D eigenvalue weighted by Gasteiger charge is 2.24.